The number of ether oxygens (including phenoxy) is 1. The molecule has 1 aliphatic heterocycles. The van der Waals surface area contributed by atoms with Gasteiger partial charge in [-0.15, -0.1) is 0 Å². The predicted molar refractivity (Wildman–Crippen MR) is 178 cm³/mol. The van der Waals surface area contributed by atoms with Gasteiger partial charge in [-0.2, -0.15) is 0 Å². The number of hydrogen-bond donors (Lipinski definition) is 7. The smallest absolute Gasteiger partial charge is 0.303 e. The average molecular weight is 643 g/mol. The van der Waals surface area contributed by atoms with E-state index < -0.39 is 30.1 Å². The Morgan fingerprint density at radius 1 is 0.638 bits per heavy atom. The summed E-state index contributed by atoms with van der Waals surface area (Å²) in [6, 6.07) is 0. The van der Waals surface area contributed by atoms with E-state index in [0.29, 0.717) is 18.2 Å². The molecule has 0 aromatic carbocycles. The van der Waals surface area contributed by atoms with Crippen LogP contribution in [0.15, 0.2) is 0 Å². The van der Waals surface area contributed by atoms with Gasteiger partial charge in [0.2, 0.25) is 0 Å². The first-order valence-electron chi connectivity index (χ1n) is 15.7. The number of H-pyrrole nitrogens is 4. The number of fused-ring (bicyclic) bond motifs is 8. The van der Waals surface area contributed by atoms with Gasteiger partial charge in [-0.25, -0.2) is 0 Å². The van der Waals surface area contributed by atoms with Crippen LogP contribution in [-0.2, 0) is 32.0 Å². The summed E-state index contributed by atoms with van der Waals surface area (Å²) < 4.78 is 5.64. The summed E-state index contributed by atoms with van der Waals surface area (Å²) in [4.78, 5) is 49.2. The lowest BCUT2D eigenvalue weighted by Gasteiger charge is -2.13. The number of nitrogens with one attached hydrogen (secondary N) is 4. The number of rotatable bonds is 9. The van der Waals surface area contributed by atoms with E-state index in [4.69, 9.17) is 4.74 Å². The fourth-order valence-electron chi connectivity index (χ4n) is 6.77. The summed E-state index contributed by atoms with van der Waals surface area (Å²) in [6.45, 7) is 12.7. The van der Waals surface area contributed by atoms with Crippen LogP contribution in [-0.4, -0.2) is 53.2 Å². The van der Waals surface area contributed by atoms with E-state index in [9.17, 15) is 29.7 Å². The molecule has 2 unspecified atom stereocenters. The number of aromatic nitrogens is 4. The summed E-state index contributed by atoms with van der Waals surface area (Å²) in [6.07, 6.45) is 6.88. The number of hydrogen-bond acceptors (Lipinski definition) is 5. The van der Waals surface area contributed by atoms with Gasteiger partial charge in [0, 0.05) is 75.1 Å². The number of aliphatic carboxylic acids is 2. The highest BCUT2D eigenvalue weighted by Gasteiger charge is 2.22. The fourth-order valence-corrected chi connectivity index (χ4v) is 6.77. The Hall–Kier alpha value is -5.03. The molecule has 2 atom stereocenters. The molecule has 11 heteroatoms. The first-order chi connectivity index (χ1) is 22.2. The van der Waals surface area contributed by atoms with E-state index in [-0.39, 0.29) is 12.8 Å². The van der Waals surface area contributed by atoms with E-state index in [2.05, 4.69) is 19.9 Å². The Balaban J connectivity index is 1.93. The molecule has 0 radical (unpaired) electrons. The monoisotopic (exact) mass is 642 g/mol. The SMILES string of the molecule is CC(=O)OC(C)c1c2[nH]c(c1C)C=c1[nH]c(c(CCC(=O)O)c1C)=Cc1[nH]c(c(C)c1CCC(=O)O)C=c1[nH]c(c(C)c1C(C)O)=C2. The van der Waals surface area contributed by atoms with Crippen LogP contribution in [0.2, 0.25) is 0 Å². The van der Waals surface area contributed by atoms with Gasteiger partial charge < -0.3 is 40.0 Å². The van der Waals surface area contributed by atoms with Gasteiger partial charge in [-0.05, 0) is 112 Å². The molecule has 4 aromatic rings. The van der Waals surface area contributed by atoms with E-state index in [1.807, 2.05) is 58.9 Å². The standard InChI is InChI=1S/C36H42N4O7/c1-16-23(8-10-33(43)44)29-15-30-24(9-11-34(45)46)17(2)26(38-30)13-31-35(20(5)41)18(3)28(39-31)14-32-36(21(6)47-22(7)42)19(4)27(40-32)12-25(16)37-29/h12-15,20-21,37-41H,8-11H2,1-7H3,(H,43,44)(H,45,46). The van der Waals surface area contributed by atoms with E-state index in [1.165, 1.54) is 6.92 Å². The highest BCUT2D eigenvalue weighted by molar-refractivity contribution is 5.70. The molecule has 5 rings (SSSR count). The zero-order valence-corrected chi connectivity index (χ0v) is 27.8. The Labute approximate surface area is 271 Å². The number of carboxylic acid groups (broad SMARTS) is 2. The van der Waals surface area contributed by atoms with Crippen LogP contribution >= 0.6 is 0 Å². The van der Waals surface area contributed by atoms with Crippen molar-refractivity contribution in [3.63, 3.8) is 0 Å². The maximum atomic E-state index is 12.0. The second kappa shape index (κ2) is 13.0. The van der Waals surface area contributed by atoms with Gasteiger partial charge in [0.25, 0.3) is 0 Å². The van der Waals surface area contributed by atoms with Gasteiger partial charge in [0.05, 0.1) is 6.10 Å². The molecular weight excluding hydrogens is 600 g/mol. The van der Waals surface area contributed by atoms with Crippen molar-refractivity contribution in [3.05, 3.63) is 88.7 Å². The third-order valence-corrected chi connectivity index (χ3v) is 9.14. The number of aliphatic hydroxyl groups is 1. The summed E-state index contributed by atoms with van der Waals surface area (Å²) >= 11 is 0. The summed E-state index contributed by atoms with van der Waals surface area (Å²) in [5.74, 6) is -2.22. The van der Waals surface area contributed by atoms with Gasteiger partial charge >= 0.3 is 17.9 Å². The first-order valence-corrected chi connectivity index (χ1v) is 15.7. The van der Waals surface area contributed by atoms with Crippen LogP contribution < -0.4 is 21.4 Å². The van der Waals surface area contributed by atoms with E-state index >= 15 is 0 Å². The zero-order chi connectivity index (χ0) is 34.3. The van der Waals surface area contributed by atoms with Crippen molar-refractivity contribution in [2.24, 2.45) is 0 Å². The number of carbonyl (C=O) groups excluding carboxylic acids is 1. The van der Waals surface area contributed by atoms with Gasteiger partial charge in [0.1, 0.15) is 6.10 Å². The number of esters is 1. The van der Waals surface area contributed by atoms with Crippen LogP contribution in [0.5, 0.6) is 0 Å². The van der Waals surface area contributed by atoms with Crippen molar-refractivity contribution in [1.82, 2.24) is 19.9 Å². The average Bonchev–Trinajstić information content (AvgIpc) is 3.63. The zero-order valence-electron chi connectivity index (χ0n) is 27.8. The topological polar surface area (TPSA) is 184 Å². The minimum absolute atomic E-state index is 0.0599. The van der Waals surface area contributed by atoms with Crippen LogP contribution in [0, 0.1) is 27.7 Å². The van der Waals surface area contributed by atoms with Crippen molar-refractivity contribution in [2.75, 3.05) is 0 Å². The summed E-state index contributed by atoms with van der Waals surface area (Å²) in [7, 11) is 0. The molecule has 11 nitrogen and oxygen atoms in total. The lowest BCUT2D eigenvalue weighted by molar-refractivity contribution is -0.146. The third kappa shape index (κ3) is 6.62. The van der Waals surface area contributed by atoms with Crippen molar-refractivity contribution in [1.29, 1.82) is 0 Å². The van der Waals surface area contributed by atoms with E-state index in [0.717, 1.165) is 83.3 Å². The molecule has 0 spiro atoms. The number of carbonyl (C=O) groups is 3. The van der Waals surface area contributed by atoms with Gasteiger partial charge in [-0.3, -0.25) is 14.4 Å². The Bertz CT molecular complexity index is 2150. The molecule has 0 fully saturated rings. The third-order valence-electron chi connectivity index (χ3n) is 9.14. The lowest BCUT2D eigenvalue weighted by Crippen LogP contribution is -2.14. The summed E-state index contributed by atoms with van der Waals surface area (Å²) in [5.41, 5.74) is 9.70. The highest BCUT2D eigenvalue weighted by Crippen LogP contribution is 2.29. The second-order valence-electron chi connectivity index (χ2n) is 12.4. The lowest BCUT2D eigenvalue weighted by atomic mass is 10.0. The number of carboxylic acids is 2. The molecule has 0 amide bonds. The Morgan fingerprint density at radius 2 is 1.15 bits per heavy atom. The first kappa shape index (κ1) is 33.3. The van der Waals surface area contributed by atoms with Crippen molar-refractivity contribution >= 4 is 42.2 Å². The quantitative estimate of drug-likeness (QED) is 0.121. The van der Waals surface area contributed by atoms with Gasteiger partial charge in [0.15, 0.2) is 0 Å². The second-order valence-corrected chi connectivity index (χ2v) is 12.4. The number of aliphatic hydroxyl groups excluding tert-OH is 1. The van der Waals surface area contributed by atoms with Crippen LogP contribution in [0.3, 0.4) is 0 Å². The molecule has 5 heterocycles. The maximum Gasteiger partial charge on any atom is 0.303 e. The van der Waals surface area contributed by atoms with Crippen molar-refractivity contribution < 1.29 is 34.4 Å². The van der Waals surface area contributed by atoms with Crippen molar-refractivity contribution in [3.8, 4) is 0 Å². The molecule has 248 valence electrons. The van der Waals surface area contributed by atoms with E-state index in [1.54, 1.807) is 6.92 Å². The molecule has 0 aliphatic carbocycles. The molecule has 8 bridgehead atoms. The minimum atomic E-state index is -0.908. The molecule has 47 heavy (non-hydrogen) atoms. The largest absolute Gasteiger partial charge is 0.481 e. The molecule has 4 aromatic heterocycles. The van der Waals surface area contributed by atoms with Crippen LogP contribution in [0.25, 0.3) is 24.3 Å². The molecule has 0 saturated heterocycles. The van der Waals surface area contributed by atoms with Gasteiger partial charge in [-0.1, -0.05) is 0 Å². The van der Waals surface area contributed by atoms with Crippen molar-refractivity contribution in [2.45, 2.75) is 86.4 Å². The molecule has 1 aliphatic rings. The molecule has 7 N–H and O–H groups in total. The molecule has 0 saturated carbocycles. The Kier molecular flexibility index (Phi) is 9.22. The highest BCUT2D eigenvalue weighted by atomic mass is 16.5. The number of aromatic amines is 4. The fraction of sp³-hybridized carbons (Fsp3) is 0.361. The Morgan fingerprint density at radius 3 is 1.77 bits per heavy atom. The van der Waals surface area contributed by atoms with Crippen LogP contribution in [0.1, 0.15) is 113 Å². The predicted octanol–water partition coefficient (Wildman–Crippen LogP) is 2.57. The molecular formula is C36H42N4O7. The normalized spacial score (nSPS) is 13.5. The van der Waals surface area contributed by atoms with Crippen LogP contribution in [0.4, 0.5) is 0 Å². The minimum Gasteiger partial charge on any atom is -0.481 e. The maximum absolute atomic E-state index is 12.0. The summed E-state index contributed by atoms with van der Waals surface area (Å²) in [5, 5.41) is 32.9.